The molecule has 0 aromatic rings. The number of aliphatic hydroxyl groups excluding tert-OH is 1. The van der Waals surface area contributed by atoms with Gasteiger partial charge in [0.1, 0.15) is 5.78 Å². The highest BCUT2D eigenvalue weighted by molar-refractivity contribution is 5.75. The SMILES string of the molecule is CC(=O)CC(C)C.CCCCO. The predicted octanol–water partition coefficient (Wildman–Crippen LogP) is 2.40. The molecule has 0 spiro atoms. The minimum atomic E-state index is 0.287. The van der Waals surface area contributed by atoms with Gasteiger partial charge in [-0.25, -0.2) is 0 Å². The first kappa shape index (κ1) is 14.2. The third kappa shape index (κ3) is 22.6. The summed E-state index contributed by atoms with van der Waals surface area (Å²) in [5, 5.41) is 8.07. The third-order valence-electron chi connectivity index (χ3n) is 1.21. The largest absolute Gasteiger partial charge is 0.396 e. The molecule has 0 aliphatic carbocycles. The molecule has 12 heavy (non-hydrogen) atoms. The van der Waals surface area contributed by atoms with Crippen molar-refractivity contribution in [3.05, 3.63) is 0 Å². The van der Waals surface area contributed by atoms with Gasteiger partial charge in [-0.1, -0.05) is 27.2 Å². The van der Waals surface area contributed by atoms with Crippen LogP contribution in [0, 0.1) is 5.92 Å². The second-order valence-electron chi connectivity index (χ2n) is 3.38. The van der Waals surface area contributed by atoms with Gasteiger partial charge in [-0.15, -0.1) is 0 Å². The molecule has 0 amide bonds. The highest BCUT2D eigenvalue weighted by Gasteiger charge is 1.95. The number of carbonyl (C=O) groups excluding carboxylic acids is 1. The van der Waals surface area contributed by atoms with Gasteiger partial charge in [0.15, 0.2) is 0 Å². The van der Waals surface area contributed by atoms with Gasteiger partial charge in [-0.3, -0.25) is 0 Å². The lowest BCUT2D eigenvalue weighted by Crippen LogP contribution is -1.95. The Morgan fingerprint density at radius 1 is 1.42 bits per heavy atom. The quantitative estimate of drug-likeness (QED) is 0.710. The first-order valence-electron chi connectivity index (χ1n) is 4.64. The summed E-state index contributed by atoms with van der Waals surface area (Å²) in [6, 6.07) is 0. The van der Waals surface area contributed by atoms with Crippen molar-refractivity contribution in [1.29, 1.82) is 0 Å². The molecule has 2 heteroatoms. The smallest absolute Gasteiger partial charge is 0.130 e. The second kappa shape index (κ2) is 10.6. The molecule has 0 fully saturated rings. The molecule has 2 nitrogen and oxygen atoms in total. The molecule has 0 aliphatic heterocycles. The van der Waals surface area contributed by atoms with E-state index in [1.54, 1.807) is 6.92 Å². The second-order valence-corrected chi connectivity index (χ2v) is 3.38. The Morgan fingerprint density at radius 3 is 1.92 bits per heavy atom. The molecular weight excluding hydrogens is 152 g/mol. The van der Waals surface area contributed by atoms with Crippen LogP contribution in [0.5, 0.6) is 0 Å². The molecule has 0 aromatic carbocycles. The number of ketones is 1. The molecule has 0 radical (unpaired) electrons. The normalized spacial score (nSPS) is 9.17. The van der Waals surface area contributed by atoms with Crippen LogP contribution in [-0.2, 0) is 4.79 Å². The van der Waals surface area contributed by atoms with Gasteiger partial charge < -0.3 is 9.90 Å². The molecule has 0 unspecified atom stereocenters. The van der Waals surface area contributed by atoms with Gasteiger partial charge in [-0.2, -0.15) is 0 Å². The highest BCUT2D eigenvalue weighted by atomic mass is 16.2. The van der Waals surface area contributed by atoms with Gasteiger partial charge in [0, 0.05) is 13.0 Å². The third-order valence-corrected chi connectivity index (χ3v) is 1.21. The van der Waals surface area contributed by atoms with Gasteiger partial charge in [0.25, 0.3) is 0 Å². The summed E-state index contributed by atoms with van der Waals surface area (Å²) in [5.74, 6) is 0.813. The van der Waals surface area contributed by atoms with Crippen molar-refractivity contribution in [2.45, 2.75) is 47.0 Å². The summed E-state index contributed by atoms with van der Waals surface area (Å²) in [6.45, 7) is 8.11. The van der Waals surface area contributed by atoms with Crippen LogP contribution in [0.15, 0.2) is 0 Å². The summed E-state index contributed by atoms with van der Waals surface area (Å²) >= 11 is 0. The topological polar surface area (TPSA) is 37.3 Å². The maximum atomic E-state index is 10.3. The van der Waals surface area contributed by atoms with Crippen molar-refractivity contribution in [2.24, 2.45) is 5.92 Å². The first-order valence-corrected chi connectivity index (χ1v) is 4.64. The van der Waals surface area contributed by atoms with Crippen LogP contribution in [-0.4, -0.2) is 17.5 Å². The van der Waals surface area contributed by atoms with E-state index >= 15 is 0 Å². The monoisotopic (exact) mass is 174 g/mol. The Hall–Kier alpha value is -0.370. The number of Topliss-reactive ketones (excluding diaryl/α,β-unsaturated/α-hetero) is 1. The number of aliphatic hydroxyl groups is 1. The Labute approximate surface area is 76.0 Å². The summed E-state index contributed by atoms with van der Waals surface area (Å²) in [4.78, 5) is 10.3. The molecule has 0 heterocycles. The first-order chi connectivity index (χ1) is 5.54. The molecular formula is C10H22O2. The number of unbranched alkanes of at least 4 members (excludes halogenated alkanes) is 1. The fourth-order valence-electron chi connectivity index (χ4n) is 0.733. The van der Waals surface area contributed by atoms with E-state index in [1.165, 1.54) is 0 Å². The lowest BCUT2D eigenvalue weighted by molar-refractivity contribution is -0.117. The highest BCUT2D eigenvalue weighted by Crippen LogP contribution is 1.97. The molecule has 0 saturated carbocycles. The summed E-state index contributed by atoms with van der Waals surface area (Å²) in [5.41, 5.74) is 0. The van der Waals surface area contributed by atoms with E-state index in [0.717, 1.165) is 19.3 Å². The Morgan fingerprint density at radius 2 is 1.92 bits per heavy atom. The molecule has 0 atom stereocenters. The van der Waals surface area contributed by atoms with E-state index in [0.29, 0.717) is 12.5 Å². The minimum Gasteiger partial charge on any atom is -0.396 e. The standard InChI is InChI=1S/C6H12O.C4H10O/c1-5(2)4-6(3)7;1-2-3-4-5/h5H,4H2,1-3H3;5H,2-4H2,1H3. The predicted molar refractivity (Wildman–Crippen MR) is 52.1 cm³/mol. The minimum absolute atomic E-state index is 0.287. The van der Waals surface area contributed by atoms with Crippen LogP contribution in [0.2, 0.25) is 0 Å². The molecule has 0 rings (SSSR count). The lowest BCUT2D eigenvalue weighted by atomic mass is 10.1. The van der Waals surface area contributed by atoms with Crippen LogP contribution in [0.1, 0.15) is 47.0 Å². The van der Waals surface area contributed by atoms with Gasteiger partial charge in [0.2, 0.25) is 0 Å². The van der Waals surface area contributed by atoms with Crippen molar-refractivity contribution < 1.29 is 9.90 Å². The Bertz CT molecular complexity index is 96.0. The summed E-state index contributed by atoms with van der Waals surface area (Å²) < 4.78 is 0. The average Bonchev–Trinajstić information content (AvgIpc) is 1.87. The molecule has 1 N–H and O–H groups in total. The zero-order valence-corrected chi connectivity index (χ0v) is 8.76. The summed E-state index contributed by atoms with van der Waals surface area (Å²) in [7, 11) is 0. The van der Waals surface area contributed by atoms with Gasteiger partial charge >= 0.3 is 0 Å². The number of rotatable bonds is 4. The maximum Gasteiger partial charge on any atom is 0.130 e. The van der Waals surface area contributed by atoms with Crippen molar-refractivity contribution in [3.8, 4) is 0 Å². The lowest BCUT2D eigenvalue weighted by Gasteiger charge is -1.95. The fourth-order valence-corrected chi connectivity index (χ4v) is 0.733. The Kier molecular flexibility index (Phi) is 12.6. The molecule has 0 bridgehead atoms. The zero-order chi connectivity index (χ0) is 9.98. The zero-order valence-electron chi connectivity index (χ0n) is 8.76. The van der Waals surface area contributed by atoms with Crippen LogP contribution >= 0.6 is 0 Å². The van der Waals surface area contributed by atoms with Crippen LogP contribution in [0.4, 0.5) is 0 Å². The molecule has 0 aromatic heterocycles. The van der Waals surface area contributed by atoms with E-state index in [4.69, 9.17) is 5.11 Å². The molecule has 0 aliphatic rings. The van der Waals surface area contributed by atoms with E-state index in [-0.39, 0.29) is 5.78 Å². The Balaban J connectivity index is 0. The van der Waals surface area contributed by atoms with E-state index in [9.17, 15) is 4.79 Å². The van der Waals surface area contributed by atoms with Crippen molar-refractivity contribution in [3.63, 3.8) is 0 Å². The van der Waals surface area contributed by atoms with E-state index < -0.39 is 0 Å². The number of hydrogen-bond donors (Lipinski definition) is 1. The molecule has 74 valence electrons. The number of hydrogen-bond acceptors (Lipinski definition) is 2. The van der Waals surface area contributed by atoms with Gasteiger partial charge in [-0.05, 0) is 19.3 Å². The van der Waals surface area contributed by atoms with E-state index in [1.807, 2.05) is 13.8 Å². The van der Waals surface area contributed by atoms with Crippen LogP contribution in [0.3, 0.4) is 0 Å². The van der Waals surface area contributed by atoms with Crippen LogP contribution in [0.25, 0.3) is 0 Å². The van der Waals surface area contributed by atoms with Crippen molar-refractivity contribution in [2.75, 3.05) is 6.61 Å². The van der Waals surface area contributed by atoms with Crippen molar-refractivity contribution in [1.82, 2.24) is 0 Å². The molecule has 0 saturated heterocycles. The van der Waals surface area contributed by atoms with Crippen LogP contribution < -0.4 is 0 Å². The average molecular weight is 174 g/mol. The van der Waals surface area contributed by atoms with Gasteiger partial charge in [0.05, 0.1) is 0 Å². The van der Waals surface area contributed by atoms with Crippen molar-refractivity contribution >= 4 is 5.78 Å². The fraction of sp³-hybridized carbons (Fsp3) is 0.900. The van der Waals surface area contributed by atoms with E-state index in [2.05, 4.69) is 6.92 Å². The maximum absolute atomic E-state index is 10.3. The number of carbonyl (C=O) groups is 1. The summed E-state index contributed by atoms with van der Waals surface area (Å²) in [6.07, 6.45) is 2.76.